The van der Waals surface area contributed by atoms with Crippen molar-refractivity contribution in [3.05, 3.63) is 0 Å². The topological polar surface area (TPSA) is 41.6 Å². The molecule has 0 aromatic rings. The molecular weight excluding hydrogens is 216 g/mol. The highest BCUT2D eigenvalue weighted by atomic mass is 16.5. The Bertz CT molecular complexity index is 264. The summed E-state index contributed by atoms with van der Waals surface area (Å²) >= 11 is 0. The summed E-state index contributed by atoms with van der Waals surface area (Å²) in [5.74, 6) is 0.306. The summed E-state index contributed by atoms with van der Waals surface area (Å²) < 4.78 is 5.04. The fraction of sp³-hybridized carbons (Fsp3) is 0.923. The molecule has 0 aromatic carbocycles. The Balaban J connectivity index is 2.89. The summed E-state index contributed by atoms with van der Waals surface area (Å²) in [7, 11) is 3.52. The van der Waals surface area contributed by atoms with Crippen molar-refractivity contribution in [2.75, 3.05) is 27.2 Å². The molecule has 4 heteroatoms. The minimum atomic E-state index is -0.520. The summed E-state index contributed by atoms with van der Waals surface area (Å²) in [5.41, 5.74) is -0.520. The largest absolute Gasteiger partial charge is 0.468 e. The second kappa shape index (κ2) is 5.83. The van der Waals surface area contributed by atoms with Gasteiger partial charge in [-0.25, -0.2) is 4.79 Å². The van der Waals surface area contributed by atoms with E-state index in [1.54, 1.807) is 0 Å². The second-order valence-electron chi connectivity index (χ2n) is 5.37. The van der Waals surface area contributed by atoms with Crippen LogP contribution in [0.1, 0.15) is 33.6 Å². The summed E-state index contributed by atoms with van der Waals surface area (Å²) in [5, 5.41) is 3.46. The van der Waals surface area contributed by atoms with Crippen molar-refractivity contribution in [3.8, 4) is 0 Å². The fourth-order valence-electron chi connectivity index (χ4n) is 2.39. The zero-order chi connectivity index (χ0) is 13.1. The number of carbonyl (C=O) groups is 1. The lowest BCUT2D eigenvalue weighted by Gasteiger charge is -2.37. The van der Waals surface area contributed by atoms with E-state index in [9.17, 15) is 4.79 Å². The van der Waals surface area contributed by atoms with Crippen LogP contribution in [0.15, 0.2) is 0 Å². The molecule has 0 spiro atoms. The van der Waals surface area contributed by atoms with Gasteiger partial charge in [-0.3, -0.25) is 5.32 Å². The van der Waals surface area contributed by atoms with Crippen molar-refractivity contribution < 1.29 is 9.53 Å². The maximum atomic E-state index is 12.2. The molecule has 1 saturated carbocycles. The fourth-order valence-corrected chi connectivity index (χ4v) is 2.39. The van der Waals surface area contributed by atoms with Gasteiger partial charge in [-0.1, -0.05) is 6.92 Å². The third kappa shape index (κ3) is 3.42. The van der Waals surface area contributed by atoms with Crippen molar-refractivity contribution in [1.82, 2.24) is 10.2 Å². The lowest BCUT2D eigenvalue weighted by Crippen LogP contribution is -2.62. The molecule has 1 fully saturated rings. The number of rotatable bonds is 7. The minimum absolute atomic E-state index is 0.117. The lowest BCUT2D eigenvalue weighted by atomic mass is 9.91. The maximum Gasteiger partial charge on any atom is 0.327 e. The number of nitrogens with zero attached hydrogens (tertiary/aromatic N) is 1. The van der Waals surface area contributed by atoms with Crippen molar-refractivity contribution in [1.29, 1.82) is 0 Å². The molecule has 1 N–H and O–H groups in total. The Hall–Kier alpha value is -0.610. The molecule has 1 atom stereocenters. The van der Waals surface area contributed by atoms with Crippen LogP contribution in [0.4, 0.5) is 0 Å². The Morgan fingerprint density at radius 2 is 2.12 bits per heavy atom. The number of ether oxygens (including phenoxy) is 1. The average molecular weight is 242 g/mol. The Kier molecular flexibility index (Phi) is 4.95. The standard InChI is InChI=1S/C13H26N2O2/c1-6-15(4)9-13(11-7-8-11,12(16)17-5)14-10(2)3/h10-11,14H,6-9H2,1-5H3. The molecule has 17 heavy (non-hydrogen) atoms. The molecule has 4 nitrogen and oxygen atoms in total. The molecule has 0 saturated heterocycles. The van der Waals surface area contributed by atoms with Gasteiger partial charge in [-0.15, -0.1) is 0 Å². The molecule has 1 unspecified atom stereocenters. The van der Waals surface area contributed by atoms with Gasteiger partial charge in [0, 0.05) is 12.6 Å². The zero-order valence-electron chi connectivity index (χ0n) is 11.7. The second-order valence-corrected chi connectivity index (χ2v) is 5.37. The molecule has 1 rings (SSSR count). The first-order valence-corrected chi connectivity index (χ1v) is 6.51. The van der Waals surface area contributed by atoms with Crippen molar-refractivity contribution in [2.24, 2.45) is 5.92 Å². The van der Waals surface area contributed by atoms with Gasteiger partial charge in [0.25, 0.3) is 0 Å². The summed E-state index contributed by atoms with van der Waals surface area (Å²) in [6, 6.07) is 0.278. The van der Waals surface area contributed by atoms with E-state index in [0.717, 1.165) is 25.9 Å². The van der Waals surface area contributed by atoms with Gasteiger partial charge >= 0.3 is 5.97 Å². The molecule has 0 radical (unpaired) electrons. The Morgan fingerprint density at radius 1 is 1.53 bits per heavy atom. The first-order chi connectivity index (χ1) is 7.96. The van der Waals surface area contributed by atoms with Crippen LogP contribution in [0.25, 0.3) is 0 Å². The van der Waals surface area contributed by atoms with Crippen LogP contribution in [0.5, 0.6) is 0 Å². The highest BCUT2D eigenvalue weighted by Crippen LogP contribution is 2.41. The Morgan fingerprint density at radius 3 is 2.47 bits per heavy atom. The smallest absolute Gasteiger partial charge is 0.327 e. The van der Waals surface area contributed by atoms with E-state index >= 15 is 0 Å². The van der Waals surface area contributed by atoms with Gasteiger partial charge in [0.15, 0.2) is 0 Å². The van der Waals surface area contributed by atoms with Gasteiger partial charge in [0.2, 0.25) is 0 Å². The van der Waals surface area contributed by atoms with Gasteiger partial charge in [-0.2, -0.15) is 0 Å². The predicted molar refractivity (Wildman–Crippen MR) is 68.9 cm³/mol. The first-order valence-electron chi connectivity index (χ1n) is 6.51. The highest BCUT2D eigenvalue weighted by molar-refractivity contribution is 5.82. The van der Waals surface area contributed by atoms with Crippen LogP contribution in [0.3, 0.4) is 0 Å². The van der Waals surface area contributed by atoms with Crippen LogP contribution < -0.4 is 5.32 Å². The molecule has 0 aliphatic heterocycles. The Labute approximate surface area is 105 Å². The molecular formula is C13H26N2O2. The van der Waals surface area contributed by atoms with E-state index in [2.05, 4.69) is 31.0 Å². The minimum Gasteiger partial charge on any atom is -0.468 e. The summed E-state index contributed by atoms with van der Waals surface area (Å²) in [4.78, 5) is 14.4. The molecule has 0 bridgehead atoms. The van der Waals surface area contributed by atoms with Gasteiger partial charge in [0.1, 0.15) is 5.54 Å². The van der Waals surface area contributed by atoms with Gasteiger partial charge < -0.3 is 9.64 Å². The third-order valence-electron chi connectivity index (χ3n) is 3.43. The number of likely N-dealkylation sites (N-methyl/N-ethyl adjacent to an activating group) is 1. The number of methoxy groups -OCH3 is 1. The average Bonchev–Trinajstić information content (AvgIpc) is 3.10. The lowest BCUT2D eigenvalue weighted by molar-refractivity contribution is -0.151. The molecule has 0 heterocycles. The summed E-state index contributed by atoms with van der Waals surface area (Å²) in [6.07, 6.45) is 2.23. The van der Waals surface area contributed by atoms with Crippen LogP contribution in [-0.4, -0.2) is 49.7 Å². The predicted octanol–water partition coefficient (Wildman–Crippen LogP) is 1.26. The van der Waals surface area contributed by atoms with E-state index in [0.29, 0.717) is 5.92 Å². The van der Waals surface area contributed by atoms with Crippen LogP contribution in [-0.2, 0) is 9.53 Å². The van der Waals surface area contributed by atoms with E-state index in [4.69, 9.17) is 4.74 Å². The first kappa shape index (κ1) is 14.5. The third-order valence-corrected chi connectivity index (χ3v) is 3.43. The molecule has 1 aliphatic carbocycles. The number of esters is 1. The summed E-state index contributed by atoms with van der Waals surface area (Å²) in [6.45, 7) is 7.91. The maximum absolute atomic E-state index is 12.2. The van der Waals surface area contributed by atoms with Crippen LogP contribution in [0, 0.1) is 5.92 Å². The quantitative estimate of drug-likeness (QED) is 0.682. The number of nitrogens with one attached hydrogen (secondary N) is 1. The van der Waals surface area contributed by atoms with E-state index in [-0.39, 0.29) is 12.0 Å². The van der Waals surface area contributed by atoms with Crippen LogP contribution >= 0.6 is 0 Å². The normalized spacial score (nSPS) is 19.5. The number of hydrogen-bond acceptors (Lipinski definition) is 4. The molecule has 100 valence electrons. The van der Waals surface area contributed by atoms with Crippen molar-refractivity contribution in [2.45, 2.75) is 45.2 Å². The van der Waals surface area contributed by atoms with Gasteiger partial charge in [-0.05, 0) is 46.2 Å². The number of carbonyl (C=O) groups excluding carboxylic acids is 1. The SMILES string of the molecule is CCN(C)CC(NC(C)C)(C(=O)OC)C1CC1. The van der Waals surface area contributed by atoms with E-state index < -0.39 is 5.54 Å². The monoisotopic (exact) mass is 242 g/mol. The molecule has 1 aliphatic rings. The molecule has 0 aromatic heterocycles. The van der Waals surface area contributed by atoms with E-state index in [1.807, 2.05) is 7.05 Å². The van der Waals surface area contributed by atoms with Crippen molar-refractivity contribution in [3.63, 3.8) is 0 Å². The van der Waals surface area contributed by atoms with Gasteiger partial charge in [0.05, 0.1) is 7.11 Å². The van der Waals surface area contributed by atoms with Crippen molar-refractivity contribution >= 4 is 5.97 Å². The highest BCUT2D eigenvalue weighted by Gasteiger charge is 2.52. The van der Waals surface area contributed by atoms with E-state index in [1.165, 1.54) is 7.11 Å². The molecule has 0 amide bonds. The van der Waals surface area contributed by atoms with Crippen LogP contribution in [0.2, 0.25) is 0 Å². The number of hydrogen-bond donors (Lipinski definition) is 1. The zero-order valence-corrected chi connectivity index (χ0v) is 11.7.